The van der Waals surface area contributed by atoms with Crippen molar-refractivity contribution in [2.24, 2.45) is 0 Å². The van der Waals surface area contributed by atoms with Gasteiger partial charge >= 0.3 is 0 Å². The van der Waals surface area contributed by atoms with Crippen LogP contribution < -0.4 is 0 Å². The highest BCUT2D eigenvalue weighted by Gasteiger charge is 2.14. The summed E-state index contributed by atoms with van der Waals surface area (Å²) in [6.45, 7) is 4.14. The molecule has 16 heavy (non-hydrogen) atoms. The Labute approximate surface area is 98.5 Å². The minimum Gasteiger partial charge on any atom is -0.243 e. The zero-order chi connectivity index (χ0) is 11.7. The molecule has 2 aromatic heterocycles. The third-order valence-electron chi connectivity index (χ3n) is 2.64. The lowest BCUT2D eigenvalue weighted by molar-refractivity contribution is 0.490. The third-order valence-corrected chi connectivity index (χ3v) is 2.92. The van der Waals surface area contributed by atoms with Gasteiger partial charge in [-0.15, -0.1) is 0 Å². The van der Waals surface area contributed by atoms with Gasteiger partial charge in [0, 0.05) is 6.20 Å². The van der Waals surface area contributed by atoms with Gasteiger partial charge in [0.15, 0.2) is 10.8 Å². The second-order valence-electron chi connectivity index (χ2n) is 3.70. The molecule has 2 rings (SSSR count). The van der Waals surface area contributed by atoms with Crippen LogP contribution in [-0.2, 0) is 0 Å². The molecule has 82 valence electrons. The van der Waals surface area contributed by atoms with Crippen LogP contribution in [0.2, 0.25) is 5.15 Å². The van der Waals surface area contributed by atoms with E-state index in [-0.39, 0.29) is 6.04 Å². The van der Waals surface area contributed by atoms with Crippen molar-refractivity contribution in [3.63, 3.8) is 0 Å². The maximum atomic E-state index is 8.79. The van der Waals surface area contributed by atoms with E-state index >= 15 is 0 Å². The lowest BCUT2D eigenvalue weighted by Crippen LogP contribution is -2.06. The second kappa shape index (κ2) is 4.11. The van der Waals surface area contributed by atoms with Crippen LogP contribution in [-0.4, -0.2) is 14.8 Å². The van der Waals surface area contributed by atoms with E-state index in [1.165, 1.54) is 0 Å². The summed E-state index contributed by atoms with van der Waals surface area (Å²) < 4.78 is 1.80. The minimum atomic E-state index is 0.246. The van der Waals surface area contributed by atoms with E-state index in [2.05, 4.69) is 23.9 Å². The Balaban J connectivity index is 2.68. The van der Waals surface area contributed by atoms with Crippen molar-refractivity contribution in [3.05, 3.63) is 23.0 Å². The van der Waals surface area contributed by atoms with Crippen LogP contribution in [0.15, 0.2) is 12.3 Å². The quantitative estimate of drug-likeness (QED) is 0.803. The SMILES string of the molecule is CCC(C)n1nc(Cl)c2cc(C#N)cnc21. The van der Waals surface area contributed by atoms with E-state index in [0.29, 0.717) is 10.7 Å². The number of nitriles is 1. The van der Waals surface area contributed by atoms with Gasteiger partial charge in [0.25, 0.3) is 0 Å². The largest absolute Gasteiger partial charge is 0.243 e. The summed E-state index contributed by atoms with van der Waals surface area (Å²) >= 11 is 6.03. The van der Waals surface area contributed by atoms with Gasteiger partial charge in [-0.25, -0.2) is 9.67 Å². The molecule has 1 atom stereocenters. The molecule has 0 saturated carbocycles. The minimum absolute atomic E-state index is 0.246. The molecule has 0 aromatic carbocycles. The van der Waals surface area contributed by atoms with Crippen molar-refractivity contribution in [2.45, 2.75) is 26.3 Å². The number of hydrogen-bond donors (Lipinski definition) is 0. The second-order valence-corrected chi connectivity index (χ2v) is 4.06. The summed E-state index contributed by atoms with van der Waals surface area (Å²) in [5, 5.41) is 14.2. The maximum absolute atomic E-state index is 8.79. The maximum Gasteiger partial charge on any atom is 0.160 e. The summed E-state index contributed by atoms with van der Waals surface area (Å²) in [5.41, 5.74) is 1.23. The van der Waals surface area contributed by atoms with Gasteiger partial charge in [-0.05, 0) is 19.4 Å². The number of rotatable bonds is 2. The highest BCUT2D eigenvalue weighted by Crippen LogP contribution is 2.25. The predicted octanol–water partition coefficient (Wildman–Crippen LogP) is 2.93. The summed E-state index contributed by atoms with van der Waals surface area (Å²) in [7, 11) is 0. The fraction of sp³-hybridized carbons (Fsp3) is 0.364. The molecule has 1 unspecified atom stereocenters. The van der Waals surface area contributed by atoms with Gasteiger partial charge in [0.2, 0.25) is 0 Å². The number of fused-ring (bicyclic) bond motifs is 1. The van der Waals surface area contributed by atoms with Crippen LogP contribution in [0, 0.1) is 11.3 Å². The topological polar surface area (TPSA) is 54.5 Å². The van der Waals surface area contributed by atoms with Gasteiger partial charge < -0.3 is 0 Å². The van der Waals surface area contributed by atoms with Crippen LogP contribution in [0.25, 0.3) is 11.0 Å². The van der Waals surface area contributed by atoms with Gasteiger partial charge in [-0.3, -0.25) is 0 Å². The summed E-state index contributed by atoms with van der Waals surface area (Å²) in [5.74, 6) is 0. The van der Waals surface area contributed by atoms with Crippen LogP contribution in [0.5, 0.6) is 0 Å². The molecule has 5 heteroatoms. The van der Waals surface area contributed by atoms with Crippen molar-refractivity contribution < 1.29 is 0 Å². The molecule has 0 amide bonds. The molecule has 0 radical (unpaired) electrons. The summed E-state index contributed by atoms with van der Waals surface area (Å²) in [6, 6.07) is 4.01. The monoisotopic (exact) mass is 234 g/mol. The molecule has 0 bridgehead atoms. The Morgan fingerprint density at radius 1 is 1.62 bits per heavy atom. The zero-order valence-corrected chi connectivity index (χ0v) is 9.86. The fourth-order valence-electron chi connectivity index (χ4n) is 1.53. The standard InChI is InChI=1S/C11H11ClN4/c1-3-7(2)16-11-9(10(12)15-16)4-8(5-13)6-14-11/h4,6-7H,3H2,1-2H3. The molecule has 0 aliphatic carbocycles. The van der Waals surface area contributed by atoms with E-state index in [1.54, 1.807) is 16.9 Å². The summed E-state index contributed by atoms with van der Waals surface area (Å²) in [4.78, 5) is 4.24. The lowest BCUT2D eigenvalue weighted by Gasteiger charge is -2.09. The van der Waals surface area contributed by atoms with Crippen LogP contribution in [0.1, 0.15) is 31.9 Å². The first-order valence-electron chi connectivity index (χ1n) is 5.11. The predicted molar refractivity (Wildman–Crippen MR) is 62.3 cm³/mol. The van der Waals surface area contributed by atoms with E-state index in [9.17, 15) is 0 Å². The molecule has 2 aromatic rings. The third kappa shape index (κ3) is 1.63. The Kier molecular flexibility index (Phi) is 2.80. The van der Waals surface area contributed by atoms with E-state index in [1.807, 2.05) is 6.07 Å². The Morgan fingerprint density at radius 3 is 3.00 bits per heavy atom. The molecule has 0 aliphatic heterocycles. The van der Waals surface area contributed by atoms with Crippen LogP contribution in [0.3, 0.4) is 0 Å². The first-order chi connectivity index (χ1) is 7.67. The highest BCUT2D eigenvalue weighted by molar-refractivity contribution is 6.34. The van der Waals surface area contributed by atoms with Crippen molar-refractivity contribution in [2.75, 3.05) is 0 Å². The smallest absolute Gasteiger partial charge is 0.160 e. The van der Waals surface area contributed by atoms with Gasteiger partial charge in [-0.1, -0.05) is 18.5 Å². The van der Waals surface area contributed by atoms with Crippen molar-refractivity contribution >= 4 is 22.6 Å². The molecule has 0 spiro atoms. The fourth-order valence-corrected chi connectivity index (χ4v) is 1.75. The number of aromatic nitrogens is 3. The van der Waals surface area contributed by atoms with E-state index in [4.69, 9.17) is 16.9 Å². The molecule has 0 N–H and O–H groups in total. The first-order valence-corrected chi connectivity index (χ1v) is 5.49. The van der Waals surface area contributed by atoms with Gasteiger partial charge in [0.05, 0.1) is 17.0 Å². The Bertz CT molecular complexity index is 567. The number of halogens is 1. The van der Waals surface area contributed by atoms with Crippen molar-refractivity contribution in [1.82, 2.24) is 14.8 Å². The van der Waals surface area contributed by atoms with E-state index < -0.39 is 0 Å². The van der Waals surface area contributed by atoms with Crippen molar-refractivity contribution in [1.29, 1.82) is 5.26 Å². The number of pyridine rings is 1. The van der Waals surface area contributed by atoms with Crippen LogP contribution >= 0.6 is 11.6 Å². The molecular formula is C11H11ClN4. The van der Waals surface area contributed by atoms with E-state index in [0.717, 1.165) is 17.5 Å². The summed E-state index contributed by atoms with van der Waals surface area (Å²) in [6.07, 6.45) is 2.49. The lowest BCUT2D eigenvalue weighted by atomic mass is 10.2. The highest BCUT2D eigenvalue weighted by atomic mass is 35.5. The number of nitrogens with zero attached hydrogens (tertiary/aromatic N) is 4. The molecule has 0 fully saturated rings. The zero-order valence-electron chi connectivity index (χ0n) is 9.11. The molecule has 0 aliphatic rings. The normalized spacial score (nSPS) is 12.6. The van der Waals surface area contributed by atoms with Gasteiger partial charge in [0.1, 0.15) is 6.07 Å². The average molecular weight is 235 g/mol. The Hall–Kier alpha value is -1.60. The molecular weight excluding hydrogens is 224 g/mol. The number of hydrogen-bond acceptors (Lipinski definition) is 3. The first kappa shape index (κ1) is 10.9. The molecule has 2 heterocycles. The molecule has 0 saturated heterocycles. The average Bonchev–Trinajstić information content (AvgIpc) is 2.65. The van der Waals surface area contributed by atoms with Gasteiger partial charge in [-0.2, -0.15) is 10.4 Å². The Morgan fingerprint density at radius 2 is 2.38 bits per heavy atom. The molecule has 4 nitrogen and oxygen atoms in total. The van der Waals surface area contributed by atoms with Crippen LogP contribution in [0.4, 0.5) is 0 Å². The van der Waals surface area contributed by atoms with Crippen molar-refractivity contribution in [3.8, 4) is 6.07 Å².